The lowest BCUT2D eigenvalue weighted by atomic mass is 9.81. The van der Waals surface area contributed by atoms with Crippen LogP contribution in [0.15, 0.2) is 59.4 Å². The number of aromatic nitrogens is 2. The first-order valence-electron chi connectivity index (χ1n) is 25.3. The van der Waals surface area contributed by atoms with Gasteiger partial charge in [-0.25, -0.2) is 14.2 Å². The summed E-state index contributed by atoms with van der Waals surface area (Å²) in [5.74, 6) is -7.97. The molecule has 0 saturated heterocycles. The fraction of sp³-hybridized carbons (Fsp3) is 0.415. The molecule has 1 aliphatic carbocycles. The first kappa shape index (κ1) is 56.8. The van der Waals surface area contributed by atoms with Gasteiger partial charge in [-0.2, -0.15) is 13.2 Å². The topological polar surface area (TPSA) is 303 Å². The molecule has 2 aromatic heterocycles. The Morgan fingerprint density at radius 2 is 1.54 bits per heavy atom. The molecule has 0 spiro atoms. The van der Waals surface area contributed by atoms with E-state index in [0.717, 1.165) is 11.0 Å². The molecule has 5 heterocycles. The number of aryl methyl sites for hydroxylation is 1. The molecule has 7 N–H and O–H groups in total. The maximum atomic E-state index is 15.4. The van der Waals surface area contributed by atoms with Crippen LogP contribution in [0.1, 0.15) is 90.4 Å². The van der Waals surface area contributed by atoms with E-state index >= 15 is 4.39 Å². The fourth-order valence-corrected chi connectivity index (χ4v) is 10.0. The summed E-state index contributed by atoms with van der Waals surface area (Å²) in [5, 5.41) is 25.7. The molecule has 0 saturated carbocycles. The van der Waals surface area contributed by atoms with E-state index in [9.17, 15) is 66.2 Å². The molecule has 8 amide bonds. The Hall–Kier alpha value is -8.39. The van der Waals surface area contributed by atoms with Crippen LogP contribution in [-0.4, -0.2) is 124 Å². The molecular formula is C53H55F4N9O13. The number of rotatable bonds is 22. The Morgan fingerprint density at radius 1 is 0.861 bits per heavy atom. The van der Waals surface area contributed by atoms with Gasteiger partial charge in [0.15, 0.2) is 5.60 Å². The minimum absolute atomic E-state index is 0.00104. The summed E-state index contributed by atoms with van der Waals surface area (Å²) in [5.41, 5.74) is -0.487. The minimum atomic E-state index is -5.33. The van der Waals surface area contributed by atoms with Crippen LogP contribution < -0.4 is 37.5 Å². The van der Waals surface area contributed by atoms with Crippen molar-refractivity contribution in [2.45, 2.75) is 108 Å². The monoisotopic (exact) mass is 1100 g/mol. The molecule has 3 aliphatic heterocycles. The highest BCUT2D eigenvalue weighted by molar-refractivity contribution is 6.12. The van der Waals surface area contributed by atoms with Crippen LogP contribution in [0.3, 0.4) is 0 Å². The summed E-state index contributed by atoms with van der Waals surface area (Å²) in [6.45, 7) is -0.423. The smallest absolute Gasteiger partial charge is 0.423 e. The number of cyclic esters (lactones) is 1. The number of carbonyl (C=O) groups is 9. The summed E-state index contributed by atoms with van der Waals surface area (Å²) in [6, 6.07) is 8.42. The van der Waals surface area contributed by atoms with E-state index in [4.69, 9.17) is 14.5 Å². The summed E-state index contributed by atoms with van der Waals surface area (Å²) < 4.78 is 70.7. The molecule has 0 fully saturated rings. The number of hydrogen-bond donors (Lipinski definition) is 7. The van der Waals surface area contributed by atoms with Crippen molar-refractivity contribution in [3.8, 4) is 11.4 Å². The van der Waals surface area contributed by atoms with Gasteiger partial charge in [-0.3, -0.25) is 48.1 Å². The number of aliphatic hydroxyl groups is 1. The summed E-state index contributed by atoms with van der Waals surface area (Å²) in [4.78, 5) is 133. The third-order valence-corrected chi connectivity index (χ3v) is 14.2. The molecule has 2 unspecified atom stereocenters. The third kappa shape index (κ3) is 12.3. The van der Waals surface area contributed by atoms with Crippen LogP contribution in [0.2, 0.25) is 0 Å². The van der Waals surface area contributed by atoms with E-state index in [1.807, 2.05) is 0 Å². The van der Waals surface area contributed by atoms with Gasteiger partial charge in [0.25, 0.3) is 23.3 Å². The van der Waals surface area contributed by atoms with Crippen molar-refractivity contribution in [3.05, 3.63) is 110 Å². The number of unbranched alkanes of at least 4 members (excludes halogenated alkanes) is 2. The van der Waals surface area contributed by atoms with Crippen LogP contribution in [-0.2, 0) is 84.2 Å². The van der Waals surface area contributed by atoms with Gasteiger partial charge in [0, 0.05) is 54.1 Å². The summed E-state index contributed by atoms with van der Waals surface area (Å²) in [6.07, 6.45) is -4.78. The van der Waals surface area contributed by atoms with Gasteiger partial charge < -0.3 is 51.0 Å². The van der Waals surface area contributed by atoms with E-state index in [-0.39, 0.29) is 84.4 Å². The number of ether oxygens (including phenoxy) is 2. The minimum Gasteiger partial charge on any atom is -0.458 e. The highest BCUT2D eigenvalue weighted by Crippen LogP contribution is 2.46. The maximum Gasteiger partial charge on any atom is 0.423 e. The van der Waals surface area contributed by atoms with Gasteiger partial charge in [0.1, 0.15) is 25.2 Å². The lowest BCUT2D eigenvalue weighted by molar-refractivity contribution is -0.220. The molecule has 0 bridgehead atoms. The molecule has 0 radical (unpaired) electrons. The van der Waals surface area contributed by atoms with E-state index in [1.165, 1.54) is 36.6 Å². The molecular weight excluding hydrogens is 1050 g/mol. The number of nitrogens with zero attached hydrogens (tertiary/aromatic N) is 3. The number of alkyl halides is 3. The zero-order valence-corrected chi connectivity index (χ0v) is 42.7. The Bertz CT molecular complexity index is 3240. The molecule has 418 valence electrons. The normalized spacial score (nSPS) is 17.7. The first-order valence-corrected chi connectivity index (χ1v) is 25.3. The third-order valence-electron chi connectivity index (χ3n) is 14.2. The van der Waals surface area contributed by atoms with Crippen molar-refractivity contribution in [1.82, 2.24) is 46.4 Å². The van der Waals surface area contributed by atoms with Crippen molar-refractivity contribution in [2.24, 2.45) is 0 Å². The number of pyridine rings is 2. The second kappa shape index (κ2) is 23.7. The van der Waals surface area contributed by atoms with Crippen molar-refractivity contribution in [1.29, 1.82) is 0 Å². The average Bonchev–Trinajstić information content (AvgIpc) is 4.22. The van der Waals surface area contributed by atoms with Crippen LogP contribution in [0, 0.1) is 12.7 Å². The SMILES string of the molecule is CC[C@@]1(O)C(=O)OCc2c1cc1n(c2=O)Cc2c-1nc1cc(F)c(C)c3c1c2[C@@H](NC(=O)C(OCNC(=O)CNC(=O)C(Cc1ccccc1)NC(=O)CNC(=O)CNC(=O)CCCCCN1C(=O)C=CC1=O)C(F)(F)F)CC3. The molecule has 4 atom stereocenters. The number of imide groups is 1. The number of hydrogen-bond acceptors (Lipinski definition) is 14. The van der Waals surface area contributed by atoms with Gasteiger partial charge >= 0.3 is 12.1 Å². The zero-order valence-electron chi connectivity index (χ0n) is 42.7. The highest BCUT2D eigenvalue weighted by atomic mass is 19.4. The van der Waals surface area contributed by atoms with Crippen LogP contribution in [0.4, 0.5) is 17.6 Å². The number of carbonyl (C=O) groups excluding carboxylic acids is 9. The number of halogens is 4. The average molecular weight is 1100 g/mol. The molecule has 2 aromatic carbocycles. The van der Waals surface area contributed by atoms with Gasteiger partial charge in [0.2, 0.25) is 35.6 Å². The predicted octanol–water partition coefficient (Wildman–Crippen LogP) is 1.21. The number of nitrogens with one attached hydrogen (secondary N) is 6. The van der Waals surface area contributed by atoms with Crippen molar-refractivity contribution in [2.75, 3.05) is 32.9 Å². The Kier molecular flexibility index (Phi) is 17.0. The van der Waals surface area contributed by atoms with E-state index in [0.29, 0.717) is 41.3 Å². The molecule has 22 nitrogen and oxygen atoms in total. The number of amides is 8. The molecule has 4 aliphatic rings. The summed E-state index contributed by atoms with van der Waals surface area (Å²) in [7, 11) is 0. The second-order valence-electron chi connectivity index (χ2n) is 19.3. The standard InChI is InChI=1S/C53H55F4N9O13/c1-3-52(77)32-19-37-46-30(24-66(37)50(75)31(32)25-78-51(52)76)45-34(14-13-29-27(2)33(54)20-35(63-46)44(29)45)64-49(74)47(53(55,56)57)79-26-61-40(69)22-60-48(73)36(18-28-10-6-4-7-11-28)62-41(70)23-59-39(68)21-58-38(67)12-8-5-9-17-65-42(71)15-16-43(65)72/h4,6-7,10-11,15-16,19-20,34,36,47,77H,3,5,8-9,12-14,17-18,21-26H2,1-2H3,(H,58,67)(H,59,68)(H,60,73)(H,61,69)(H,62,70)(H,64,74)/t34-,36?,47?,52-/m0/s1. The number of benzene rings is 2. The lowest BCUT2D eigenvalue weighted by Crippen LogP contribution is -2.52. The molecule has 26 heteroatoms. The molecule has 4 aromatic rings. The quantitative estimate of drug-likeness (QED) is 0.0169. The lowest BCUT2D eigenvalue weighted by Gasteiger charge is -2.31. The number of esters is 1. The molecule has 8 rings (SSSR count). The largest absolute Gasteiger partial charge is 0.458 e. The first-order chi connectivity index (χ1) is 37.6. The maximum absolute atomic E-state index is 15.4. The van der Waals surface area contributed by atoms with Gasteiger partial charge in [0.05, 0.1) is 54.7 Å². The second-order valence-corrected chi connectivity index (χ2v) is 19.3. The Balaban J connectivity index is 0.856. The molecule has 79 heavy (non-hydrogen) atoms. The Morgan fingerprint density at radius 3 is 2.25 bits per heavy atom. The highest BCUT2D eigenvalue weighted by Gasteiger charge is 2.49. The van der Waals surface area contributed by atoms with E-state index in [1.54, 1.807) is 30.3 Å². The van der Waals surface area contributed by atoms with Gasteiger partial charge in [-0.1, -0.05) is 43.7 Å². The van der Waals surface area contributed by atoms with Crippen LogP contribution >= 0.6 is 0 Å². The predicted molar refractivity (Wildman–Crippen MR) is 268 cm³/mol. The van der Waals surface area contributed by atoms with E-state index in [2.05, 4.69) is 31.9 Å². The van der Waals surface area contributed by atoms with Crippen molar-refractivity contribution >= 4 is 64.1 Å². The zero-order chi connectivity index (χ0) is 56.9. The van der Waals surface area contributed by atoms with Crippen LogP contribution in [0.5, 0.6) is 0 Å². The van der Waals surface area contributed by atoms with Crippen molar-refractivity contribution < 1.29 is 75.3 Å². The van der Waals surface area contributed by atoms with Gasteiger partial charge in [-0.05, 0) is 67.3 Å². The van der Waals surface area contributed by atoms with Crippen molar-refractivity contribution in [3.63, 3.8) is 0 Å². The Labute approximate surface area is 447 Å². The van der Waals surface area contributed by atoms with E-state index < -0.39 is 128 Å². The fourth-order valence-electron chi connectivity index (χ4n) is 10.0. The van der Waals surface area contributed by atoms with Crippen LogP contribution in [0.25, 0.3) is 22.3 Å². The number of fused-ring (bicyclic) bond motifs is 5. The summed E-state index contributed by atoms with van der Waals surface area (Å²) >= 11 is 0. The van der Waals surface area contributed by atoms with Gasteiger partial charge in [-0.15, -0.1) is 0 Å².